The lowest BCUT2D eigenvalue weighted by molar-refractivity contribution is -0.140. The van der Waals surface area contributed by atoms with E-state index in [9.17, 15) is 17.4 Å². The number of hydrogen-bond acceptors (Lipinski definition) is 5. The van der Waals surface area contributed by atoms with Crippen molar-refractivity contribution in [2.24, 2.45) is 0 Å². The number of esters is 1. The maximum atomic E-state index is 11.5. The van der Waals surface area contributed by atoms with Crippen LogP contribution in [0, 0.1) is 0 Å². The first-order chi connectivity index (χ1) is 8.28. The molecule has 0 rings (SSSR count). The van der Waals surface area contributed by atoms with Crippen molar-refractivity contribution in [2.75, 3.05) is 25.7 Å². The third-order valence-corrected chi connectivity index (χ3v) is 5.30. The van der Waals surface area contributed by atoms with Crippen LogP contribution in [0.15, 0.2) is 0 Å². The minimum atomic E-state index is -3.36. The van der Waals surface area contributed by atoms with Gasteiger partial charge in [-0.3, -0.25) is 9.00 Å². The van der Waals surface area contributed by atoms with E-state index in [1.165, 1.54) is 7.11 Å². The third-order valence-electron chi connectivity index (χ3n) is 2.46. The number of ether oxygens (including phenoxy) is 1. The van der Waals surface area contributed by atoms with E-state index in [1.54, 1.807) is 6.26 Å². The Morgan fingerprint density at radius 1 is 1.44 bits per heavy atom. The second kappa shape index (κ2) is 8.60. The molecule has 2 unspecified atom stereocenters. The summed E-state index contributed by atoms with van der Waals surface area (Å²) in [6.45, 7) is 2.07. The highest BCUT2D eigenvalue weighted by Crippen LogP contribution is 2.00. The van der Waals surface area contributed by atoms with E-state index in [4.69, 9.17) is 0 Å². The fraction of sp³-hybridized carbons (Fsp3) is 0.900. The lowest BCUT2D eigenvalue weighted by atomic mass is 10.3. The fourth-order valence-corrected chi connectivity index (χ4v) is 2.71. The molecular formula is C10H21NO5S2. The van der Waals surface area contributed by atoms with Crippen LogP contribution in [0.2, 0.25) is 0 Å². The highest BCUT2D eigenvalue weighted by Gasteiger charge is 2.12. The van der Waals surface area contributed by atoms with Crippen LogP contribution in [-0.2, 0) is 30.4 Å². The number of hydrogen-bond donors (Lipinski definition) is 1. The van der Waals surface area contributed by atoms with Gasteiger partial charge in [-0.1, -0.05) is 6.92 Å². The first-order valence-electron chi connectivity index (χ1n) is 5.65. The molecule has 1 N–H and O–H groups in total. The SMILES string of the molecule is COC(=O)CCCS(=O)(=O)NCCC(C)S(C)=O. The Morgan fingerprint density at radius 3 is 2.56 bits per heavy atom. The highest BCUT2D eigenvalue weighted by molar-refractivity contribution is 7.89. The van der Waals surface area contributed by atoms with Gasteiger partial charge in [0.25, 0.3) is 0 Å². The van der Waals surface area contributed by atoms with Crippen molar-refractivity contribution in [2.45, 2.75) is 31.4 Å². The zero-order valence-corrected chi connectivity index (χ0v) is 12.6. The Morgan fingerprint density at radius 2 is 2.06 bits per heavy atom. The van der Waals surface area contributed by atoms with Gasteiger partial charge in [0.05, 0.1) is 12.9 Å². The zero-order chi connectivity index (χ0) is 14.2. The van der Waals surface area contributed by atoms with Gasteiger partial charge in [-0.2, -0.15) is 0 Å². The van der Waals surface area contributed by atoms with Crippen molar-refractivity contribution in [1.29, 1.82) is 0 Å². The maximum absolute atomic E-state index is 11.5. The molecule has 18 heavy (non-hydrogen) atoms. The lowest BCUT2D eigenvalue weighted by Crippen LogP contribution is -2.29. The van der Waals surface area contributed by atoms with Crippen LogP contribution in [0.3, 0.4) is 0 Å². The van der Waals surface area contributed by atoms with Gasteiger partial charge in [0, 0.05) is 35.3 Å². The average molecular weight is 299 g/mol. The molecule has 0 aliphatic carbocycles. The van der Waals surface area contributed by atoms with E-state index < -0.39 is 26.8 Å². The molecule has 0 aromatic carbocycles. The number of sulfonamides is 1. The Hall–Kier alpha value is -0.470. The maximum Gasteiger partial charge on any atom is 0.305 e. The van der Waals surface area contributed by atoms with E-state index in [1.807, 2.05) is 6.92 Å². The first kappa shape index (κ1) is 17.5. The third kappa shape index (κ3) is 8.60. The molecule has 0 aliphatic heterocycles. The minimum Gasteiger partial charge on any atom is -0.469 e. The number of carbonyl (C=O) groups is 1. The molecular weight excluding hydrogens is 278 g/mol. The molecule has 0 amide bonds. The number of rotatable bonds is 9. The van der Waals surface area contributed by atoms with Crippen LogP contribution >= 0.6 is 0 Å². The predicted octanol–water partition coefficient (Wildman–Crippen LogP) is 0.0161. The summed E-state index contributed by atoms with van der Waals surface area (Å²) in [4.78, 5) is 10.8. The van der Waals surface area contributed by atoms with Gasteiger partial charge in [-0.05, 0) is 12.8 Å². The van der Waals surface area contributed by atoms with E-state index in [0.717, 1.165) is 0 Å². The predicted molar refractivity (Wildman–Crippen MR) is 71.2 cm³/mol. The van der Waals surface area contributed by atoms with Crippen molar-refractivity contribution < 1.29 is 22.2 Å². The monoisotopic (exact) mass is 299 g/mol. The second-order valence-electron chi connectivity index (χ2n) is 3.99. The number of carbonyl (C=O) groups excluding carboxylic acids is 1. The summed E-state index contributed by atoms with van der Waals surface area (Å²) in [6.07, 6.45) is 2.44. The molecule has 2 atom stereocenters. The van der Waals surface area contributed by atoms with E-state index in [2.05, 4.69) is 9.46 Å². The molecule has 108 valence electrons. The van der Waals surface area contributed by atoms with Crippen LogP contribution in [0.25, 0.3) is 0 Å². The van der Waals surface area contributed by atoms with Gasteiger partial charge < -0.3 is 4.74 Å². The van der Waals surface area contributed by atoms with Crippen molar-refractivity contribution in [3.63, 3.8) is 0 Å². The molecule has 0 aromatic rings. The molecule has 0 saturated carbocycles. The van der Waals surface area contributed by atoms with Gasteiger partial charge in [-0.15, -0.1) is 0 Å². The van der Waals surface area contributed by atoms with Gasteiger partial charge in [0.15, 0.2) is 0 Å². The summed E-state index contributed by atoms with van der Waals surface area (Å²) in [5.41, 5.74) is 0. The Bertz CT molecular complexity index is 380. The van der Waals surface area contributed by atoms with Crippen molar-refractivity contribution in [1.82, 2.24) is 4.72 Å². The molecule has 0 radical (unpaired) electrons. The molecule has 0 aromatic heterocycles. The van der Waals surface area contributed by atoms with Crippen LogP contribution < -0.4 is 4.72 Å². The normalized spacial score (nSPS) is 15.1. The largest absolute Gasteiger partial charge is 0.469 e. The fourth-order valence-electron chi connectivity index (χ4n) is 1.16. The van der Waals surface area contributed by atoms with Crippen molar-refractivity contribution >= 4 is 26.8 Å². The standard InChI is InChI=1S/C10H21NO5S2/c1-9(17(3)13)6-7-11-18(14,15)8-4-5-10(12)16-2/h9,11H,4-8H2,1-3H3. The second-order valence-corrected chi connectivity index (χ2v) is 7.72. The smallest absolute Gasteiger partial charge is 0.305 e. The zero-order valence-electron chi connectivity index (χ0n) is 11.0. The van der Waals surface area contributed by atoms with E-state index in [0.29, 0.717) is 6.42 Å². The van der Waals surface area contributed by atoms with Crippen LogP contribution in [0.5, 0.6) is 0 Å². The number of methoxy groups -OCH3 is 1. The Labute approximate surface area is 111 Å². The molecule has 0 heterocycles. The van der Waals surface area contributed by atoms with Gasteiger partial charge >= 0.3 is 5.97 Å². The van der Waals surface area contributed by atoms with Crippen LogP contribution in [-0.4, -0.2) is 49.5 Å². The molecule has 6 nitrogen and oxygen atoms in total. The summed E-state index contributed by atoms with van der Waals surface area (Å²) in [6, 6.07) is 0. The van der Waals surface area contributed by atoms with Crippen LogP contribution in [0.4, 0.5) is 0 Å². The summed E-state index contributed by atoms with van der Waals surface area (Å²) < 4.78 is 40.9. The topological polar surface area (TPSA) is 89.5 Å². The summed E-state index contributed by atoms with van der Waals surface area (Å²) in [5.74, 6) is -0.522. The molecule has 0 aliphatic rings. The molecule has 0 bridgehead atoms. The summed E-state index contributed by atoms with van der Waals surface area (Å²) in [5, 5.41) is -0.0391. The van der Waals surface area contributed by atoms with Gasteiger partial charge in [0.1, 0.15) is 0 Å². The number of nitrogens with one attached hydrogen (secondary N) is 1. The van der Waals surface area contributed by atoms with Crippen LogP contribution in [0.1, 0.15) is 26.2 Å². The highest BCUT2D eigenvalue weighted by atomic mass is 32.2. The van der Waals surface area contributed by atoms with Crippen molar-refractivity contribution in [3.8, 4) is 0 Å². The van der Waals surface area contributed by atoms with E-state index in [-0.39, 0.29) is 30.4 Å². The van der Waals surface area contributed by atoms with Crippen molar-refractivity contribution in [3.05, 3.63) is 0 Å². The molecule has 0 fully saturated rings. The summed E-state index contributed by atoms with van der Waals surface area (Å²) in [7, 11) is -3.05. The summed E-state index contributed by atoms with van der Waals surface area (Å²) >= 11 is 0. The minimum absolute atomic E-state index is 0.0391. The van der Waals surface area contributed by atoms with Gasteiger partial charge in [-0.25, -0.2) is 13.1 Å². The first-order valence-corrected chi connectivity index (χ1v) is 8.92. The molecule has 0 spiro atoms. The van der Waals surface area contributed by atoms with Gasteiger partial charge in [0.2, 0.25) is 10.0 Å². The Kier molecular flexibility index (Phi) is 8.38. The molecule has 0 saturated heterocycles. The quantitative estimate of drug-likeness (QED) is 0.606. The molecule has 8 heteroatoms. The Balaban J connectivity index is 3.87. The van der Waals surface area contributed by atoms with E-state index >= 15 is 0 Å². The average Bonchev–Trinajstić information content (AvgIpc) is 2.27. The lowest BCUT2D eigenvalue weighted by Gasteiger charge is -2.09.